The van der Waals surface area contributed by atoms with Gasteiger partial charge in [0.15, 0.2) is 0 Å². The van der Waals surface area contributed by atoms with E-state index in [1.807, 2.05) is 0 Å². The van der Waals surface area contributed by atoms with E-state index in [4.69, 9.17) is 0 Å². The van der Waals surface area contributed by atoms with Gasteiger partial charge < -0.3 is 4.74 Å². The fourth-order valence-corrected chi connectivity index (χ4v) is 1.30. The lowest BCUT2D eigenvalue weighted by Gasteiger charge is -2.12. The standard InChI is InChI=1S/C8H5BrF5NO/c1-3-4(9)2-5(6(10)11)15-7(3)16-8(12,13)14/h2,6H,1H3. The summed E-state index contributed by atoms with van der Waals surface area (Å²) in [6, 6.07) is 0.948. The summed E-state index contributed by atoms with van der Waals surface area (Å²) >= 11 is 2.85. The molecule has 0 aliphatic heterocycles. The van der Waals surface area contributed by atoms with Crippen LogP contribution in [0.4, 0.5) is 22.0 Å². The minimum absolute atomic E-state index is 0.00160. The molecular weight excluding hydrogens is 301 g/mol. The first-order chi connectivity index (χ1) is 7.20. The summed E-state index contributed by atoms with van der Waals surface area (Å²) in [4.78, 5) is 3.10. The van der Waals surface area contributed by atoms with E-state index in [0.29, 0.717) is 0 Å². The quantitative estimate of drug-likeness (QED) is 0.771. The van der Waals surface area contributed by atoms with Gasteiger partial charge in [-0.2, -0.15) is 0 Å². The van der Waals surface area contributed by atoms with Crippen molar-refractivity contribution in [1.29, 1.82) is 0 Å². The van der Waals surface area contributed by atoms with Crippen molar-refractivity contribution in [2.45, 2.75) is 19.7 Å². The second-order valence-electron chi connectivity index (χ2n) is 2.81. The van der Waals surface area contributed by atoms with E-state index in [2.05, 4.69) is 25.7 Å². The number of nitrogens with zero attached hydrogens (tertiary/aromatic N) is 1. The summed E-state index contributed by atoms with van der Waals surface area (Å²) in [7, 11) is 0. The zero-order chi connectivity index (χ0) is 12.5. The van der Waals surface area contributed by atoms with Crippen molar-refractivity contribution in [2.75, 3.05) is 0 Å². The van der Waals surface area contributed by atoms with Crippen LogP contribution in [0.3, 0.4) is 0 Å². The van der Waals surface area contributed by atoms with Crippen molar-refractivity contribution >= 4 is 15.9 Å². The minimum atomic E-state index is -4.96. The maximum atomic E-state index is 12.3. The fourth-order valence-electron chi connectivity index (χ4n) is 0.894. The number of hydrogen-bond acceptors (Lipinski definition) is 2. The van der Waals surface area contributed by atoms with Crippen molar-refractivity contribution in [3.63, 3.8) is 0 Å². The molecule has 0 bridgehead atoms. The van der Waals surface area contributed by atoms with E-state index in [0.717, 1.165) is 6.07 Å². The molecule has 0 unspecified atom stereocenters. The molecule has 16 heavy (non-hydrogen) atoms. The van der Waals surface area contributed by atoms with Crippen LogP contribution in [0.2, 0.25) is 0 Å². The summed E-state index contributed by atoms with van der Waals surface area (Å²) in [5.41, 5.74) is -0.779. The Morgan fingerprint density at radius 3 is 2.38 bits per heavy atom. The van der Waals surface area contributed by atoms with Crippen LogP contribution in [0, 0.1) is 6.92 Å². The monoisotopic (exact) mass is 305 g/mol. The van der Waals surface area contributed by atoms with Crippen LogP contribution in [-0.4, -0.2) is 11.3 Å². The maximum Gasteiger partial charge on any atom is 0.574 e. The van der Waals surface area contributed by atoms with E-state index >= 15 is 0 Å². The van der Waals surface area contributed by atoms with Crippen LogP contribution in [-0.2, 0) is 0 Å². The van der Waals surface area contributed by atoms with Crippen LogP contribution < -0.4 is 4.74 Å². The number of halogens is 6. The normalized spacial score (nSPS) is 12.0. The third kappa shape index (κ3) is 3.29. The number of hydrogen-bond donors (Lipinski definition) is 0. The second kappa shape index (κ2) is 4.52. The number of aromatic nitrogens is 1. The maximum absolute atomic E-state index is 12.3. The average Bonchev–Trinajstić information content (AvgIpc) is 2.10. The van der Waals surface area contributed by atoms with Gasteiger partial charge in [0.05, 0.1) is 0 Å². The SMILES string of the molecule is Cc1c(Br)cc(C(F)F)nc1OC(F)(F)F. The smallest absolute Gasteiger partial charge is 0.388 e. The molecule has 0 radical (unpaired) electrons. The van der Waals surface area contributed by atoms with Gasteiger partial charge in [0.25, 0.3) is 6.43 Å². The summed E-state index contributed by atoms with van der Waals surface area (Å²) in [6.07, 6.45) is -7.93. The van der Waals surface area contributed by atoms with Crippen LogP contribution in [0.1, 0.15) is 17.7 Å². The molecule has 0 aliphatic carbocycles. The zero-order valence-electron chi connectivity index (χ0n) is 7.78. The first-order valence-electron chi connectivity index (χ1n) is 3.91. The lowest BCUT2D eigenvalue weighted by molar-refractivity contribution is -0.276. The van der Waals surface area contributed by atoms with Crippen LogP contribution in [0.5, 0.6) is 5.88 Å². The van der Waals surface area contributed by atoms with Gasteiger partial charge in [0.2, 0.25) is 5.88 Å². The Kier molecular flexibility index (Phi) is 3.72. The lowest BCUT2D eigenvalue weighted by atomic mass is 10.2. The van der Waals surface area contributed by atoms with Crippen LogP contribution in [0.15, 0.2) is 10.5 Å². The Bertz CT molecular complexity index is 393. The highest BCUT2D eigenvalue weighted by Gasteiger charge is 2.33. The number of alkyl halides is 5. The van der Waals surface area contributed by atoms with Gasteiger partial charge in [-0.1, -0.05) is 15.9 Å². The number of ether oxygens (including phenoxy) is 1. The minimum Gasteiger partial charge on any atom is -0.388 e. The van der Waals surface area contributed by atoms with E-state index in [1.165, 1.54) is 6.92 Å². The van der Waals surface area contributed by atoms with Crippen molar-refractivity contribution < 1.29 is 26.7 Å². The van der Waals surface area contributed by atoms with Gasteiger partial charge in [-0.3, -0.25) is 0 Å². The Labute approximate surface area is 95.6 Å². The third-order valence-corrected chi connectivity index (χ3v) is 2.44. The third-order valence-electron chi connectivity index (χ3n) is 1.62. The summed E-state index contributed by atoms with van der Waals surface area (Å²) in [6.45, 7) is 1.27. The Morgan fingerprint density at radius 1 is 1.38 bits per heavy atom. The molecule has 0 amide bonds. The molecule has 0 saturated carbocycles. The molecule has 0 aromatic carbocycles. The first kappa shape index (κ1) is 13.1. The Balaban J connectivity index is 3.17. The second-order valence-corrected chi connectivity index (χ2v) is 3.66. The van der Waals surface area contributed by atoms with Crippen molar-refractivity contribution in [2.24, 2.45) is 0 Å². The van der Waals surface area contributed by atoms with Crippen LogP contribution >= 0.6 is 15.9 Å². The summed E-state index contributed by atoms with van der Waals surface area (Å²) < 4.78 is 63.9. The van der Waals surface area contributed by atoms with E-state index in [1.54, 1.807) is 0 Å². The highest BCUT2D eigenvalue weighted by atomic mass is 79.9. The van der Waals surface area contributed by atoms with Crippen molar-refractivity contribution in [1.82, 2.24) is 4.98 Å². The largest absolute Gasteiger partial charge is 0.574 e. The molecule has 0 fully saturated rings. The predicted molar refractivity (Wildman–Crippen MR) is 48.3 cm³/mol. The highest BCUT2D eigenvalue weighted by molar-refractivity contribution is 9.10. The molecule has 1 heterocycles. The van der Waals surface area contributed by atoms with E-state index < -0.39 is 24.4 Å². The predicted octanol–water partition coefficient (Wildman–Crippen LogP) is 3.99. The Hall–Kier alpha value is -0.920. The van der Waals surface area contributed by atoms with Crippen molar-refractivity contribution in [3.05, 3.63) is 21.8 Å². The Morgan fingerprint density at radius 2 is 1.94 bits per heavy atom. The molecule has 0 aliphatic rings. The average molecular weight is 306 g/mol. The molecule has 1 rings (SSSR count). The van der Waals surface area contributed by atoms with Gasteiger partial charge >= 0.3 is 6.36 Å². The molecule has 90 valence electrons. The molecule has 0 atom stereocenters. The summed E-state index contributed by atoms with van der Waals surface area (Å²) in [5.74, 6) is -0.878. The van der Waals surface area contributed by atoms with E-state index in [9.17, 15) is 22.0 Å². The molecule has 1 aromatic heterocycles. The van der Waals surface area contributed by atoms with Crippen LogP contribution in [0.25, 0.3) is 0 Å². The zero-order valence-corrected chi connectivity index (χ0v) is 9.36. The van der Waals surface area contributed by atoms with Gasteiger partial charge in [0.1, 0.15) is 5.69 Å². The molecule has 0 N–H and O–H groups in total. The molecule has 2 nitrogen and oxygen atoms in total. The highest BCUT2D eigenvalue weighted by Crippen LogP contribution is 2.32. The first-order valence-corrected chi connectivity index (χ1v) is 4.71. The van der Waals surface area contributed by atoms with Gasteiger partial charge in [-0.25, -0.2) is 13.8 Å². The molecular formula is C8H5BrF5NO. The van der Waals surface area contributed by atoms with Crippen molar-refractivity contribution in [3.8, 4) is 5.88 Å². The lowest BCUT2D eigenvalue weighted by Crippen LogP contribution is -2.19. The van der Waals surface area contributed by atoms with E-state index in [-0.39, 0.29) is 10.0 Å². The fraction of sp³-hybridized carbons (Fsp3) is 0.375. The summed E-state index contributed by atoms with van der Waals surface area (Å²) in [5, 5.41) is 0. The molecule has 0 saturated heterocycles. The molecule has 8 heteroatoms. The molecule has 0 spiro atoms. The molecule has 1 aromatic rings. The topological polar surface area (TPSA) is 22.1 Å². The van der Waals surface area contributed by atoms with Gasteiger partial charge in [0, 0.05) is 10.0 Å². The van der Waals surface area contributed by atoms with Gasteiger partial charge in [-0.05, 0) is 13.0 Å². The van der Waals surface area contributed by atoms with Gasteiger partial charge in [-0.15, -0.1) is 13.2 Å². The number of pyridine rings is 1. The number of rotatable bonds is 2.